The van der Waals surface area contributed by atoms with Gasteiger partial charge in [-0.2, -0.15) is 0 Å². The molecular weight excluding hydrogens is 445 g/mol. The Bertz CT molecular complexity index is 1220. The van der Waals surface area contributed by atoms with Crippen molar-refractivity contribution in [3.63, 3.8) is 0 Å². The van der Waals surface area contributed by atoms with Crippen LogP contribution in [0, 0.1) is 19.7 Å². The van der Waals surface area contributed by atoms with Crippen LogP contribution in [0.1, 0.15) is 46.7 Å². The highest BCUT2D eigenvalue weighted by atomic mass is 19.1. The Kier molecular flexibility index (Phi) is 5.36. The number of aliphatic hydroxyl groups is 1. The molecule has 34 heavy (non-hydrogen) atoms. The number of ether oxygens (including phenoxy) is 3. The molecule has 0 unspecified atom stereocenters. The SMILES string of the molecule is Cc1[nH]c(C=C2C(=O)Nc3ccc(F)cc32)c(C)c1C(=O)N[C@H]1O[C@@H](CO)[C@@H]2OC(C)(C)O[C@@H]21. The lowest BCUT2D eigenvalue weighted by atomic mass is 10.0. The van der Waals surface area contributed by atoms with Crippen LogP contribution in [-0.2, 0) is 19.0 Å². The number of anilines is 1. The first-order valence-corrected chi connectivity index (χ1v) is 11.0. The molecule has 4 atom stereocenters. The van der Waals surface area contributed by atoms with Crippen LogP contribution in [0.25, 0.3) is 11.6 Å². The summed E-state index contributed by atoms with van der Waals surface area (Å²) in [5.41, 5.74) is 3.47. The van der Waals surface area contributed by atoms with Gasteiger partial charge in [-0.05, 0) is 57.5 Å². The zero-order valence-electron chi connectivity index (χ0n) is 19.2. The van der Waals surface area contributed by atoms with Crippen LogP contribution < -0.4 is 10.6 Å². The van der Waals surface area contributed by atoms with Crippen molar-refractivity contribution >= 4 is 29.2 Å². The zero-order valence-corrected chi connectivity index (χ0v) is 19.2. The molecule has 1 aromatic carbocycles. The Morgan fingerprint density at radius 3 is 2.74 bits per heavy atom. The minimum atomic E-state index is -0.855. The summed E-state index contributed by atoms with van der Waals surface area (Å²) in [6.45, 7) is 6.78. The van der Waals surface area contributed by atoms with Crippen LogP contribution in [-0.4, -0.2) is 58.8 Å². The largest absolute Gasteiger partial charge is 0.394 e. The predicted octanol–water partition coefficient (Wildman–Crippen LogP) is 2.23. The fourth-order valence-corrected chi connectivity index (χ4v) is 4.85. The minimum Gasteiger partial charge on any atom is -0.394 e. The first kappa shape index (κ1) is 22.7. The first-order chi connectivity index (χ1) is 16.1. The average molecular weight is 471 g/mol. The minimum absolute atomic E-state index is 0.267. The van der Waals surface area contributed by atoms with Crippen LogP contribution in [0.2, 0.25) is 0 Å². The molecule has 3 aliphatic rings. The summed E-state index contributed by atoms with van der Waals surface area (Å²) in [4.78, 5) is 28.8. The van der Waals surface area contributed by atoms with E-state index >= 15 is 0 Å². The number of nitrogens with one attached hydrogen (secondary N) is 3. The van der Waals surface area contributed by atoms with Gasteiger partial charge in [0.05, 0.1) is 17.7 Å². The summed E-state index contributed by atoms with van der Waals surface area (Å²) in [6, 6.07) is 4.10. The van der Waals surface area contributed by atoms with Crippen LogP contribution in [0.15, 0.2) is 18.2 Å². The van der Waals surface area contributed by atoms with Crippen molar-refractivity contribution in [3.8, 4) is 0 Å². The number of aryl methyl sites for hydroxylation is 1. The third-order valence-corrected chi connectivity index (χ3v) is 6.36. The fraction of sp³-hybridized carbons (Fsp3) is 0.417. The number of halogens is 1. The van der Waals surface area contributed by atoms with E-state index in [1.165, 1.54) is 18.2 Å². The van der Waals surface area contributed by atoms with E-state index in [1.54, 1.807) is 33.8 Å². The third kappa shape index (κ3) is 3.72. The van der Waals surface area contributed by atoms with Crippen molar-refractivity contribution in [2.24, 2.45) is 0 Å². The Balaban J connectivity index is 1.41. The maximum Gasteiger partial charge on any atom is 0.256 e. The summed E-state index contributed by atoms with van der Waals surface area (Å²) in [5.74, 6) is -2.04. The predicted molar refractivity (Wildman–Crippen MR) is 120 cm³/mol. The maximum absolute atomic E-state index is 13.8. The van der Waals surface area contributed by atoms with Gasteiger partial charge in [0.2, 0.25) is 0 Å². The number of fused-ring (bicyclic) bond motifs is 2. The third-order valence-electron chi connectivity index (χ3n) is 6.36. The Morgan fingerprint density at radius 1 is 1.26 bits per heavy atom. The lowest BCUT2D eigenvalue weighted by molar-refractivity contribution is -0.192. The van der Waals surface area contributed by atoms with E-state index in [0.29, 0.717) is 39.3 Å². The number of benzene rings is 1. The molecule has 10 heteroatoms. The zero-order chi connectivity index (χ0) is 24.4. The molecule has 0 spiro atoms. The van der Waals surface area contributed by atoms with E-state index in [1.807, 2.05) is 0 Å². The van der Waals surface area contributed by atoms with Gasteiger partial charge in [0.25, 0.3) is 11.8 Å². The van der Waals surface area contributed by atoms with E-state index in [2.05, 4.69) is 15.6 Å². The number of carbonyl (C=O) groups is 2. The van der Waals surface area contributed by atoms with Gasteiger partial charge in [0, 0.05) is 22.6 Å². The molecule has 4 heterocycles. The van der Waals surface area contributed by atoms with Crippen molar-refractivity contribution in [1.82, 2.24) is 10.3 Å². The van der Waals surface area contributed by atoms with Crippen LogP contribution in [0.5, 0.6) is 0 Å². The molecule has 1 aromatic heterocycles. The van der Waals surface area contributed by atoms with Gasteiger partial charge in [-0.3, -0.25) is 9.59 Å². The molecule has 2 amide bonds. The van der Waals surface area contributed by atoms with E-state index in [9.17, 15) is 19.1 Å². The standard InChI is InChI=1S/C24H26FN3O6/c1-10-16(8-14-13-7-12(25)5-6-15(13)27-21(14)30)26-11(2)18(10)22(31)28-23-20-19(17(9-29)32-23)33-24(3,4)34-20/h5-8,17,19-20,23,26,29H,9H2,1-4H3,(H,27,30)(H,28,31)/t17-,19-,20-,23-/m0/s1. The van der Waals surface area contributed by atoms with Crippen LogP contribution >= 0.6 is 0 Å². The van der Waals surface area contributed by atoms with Crippen molar-refractivity contribution in [2.75, 3.05) is 11.9 Å². The van der Waals surface area contributed by atoms with E-state index in [-0.39, 0.29) is 12.5 Å². The van der Waals surface area contributed by atoms with Crippen molar-refractivity contribution in [3.05, 3.63) is 52.1 Å². The number of aromatic nitrogens is 1. The number of aromatic amines is 1. The highest BCUT2D eigenvalue weighted by molar-refractivity contribution is 6.34. The summed E-state index contributed by atoms with van der Waals surface area (Å²) < 4.78 is 31.3. The maximum atomic E-state index is 13.8. The fourth-order valence-electron chi connectivity index (χ4n) is 4.85. The van der Waals surface area contributed by atoms with E-state index in [0.717, 1.165) is 0 Å². The second-order valence-electron chi connectivity index (χ2n) is 9.18. The highest BCUT2D eigenvalue weighted by Crippen LogP contribution is 2.38. The molecule has 180 valence electrons. The van der Waals surface area contributed by atoms with Crippen LogP contribution in [0.3, 0.4) is 0 Å². The molecule has 0 aliphatic carbocycles. The molecule has 2 fully saturated rings. The van der Waals surface area contributed by atoms with Gasteiger partial charge >= 0.3 is 0 Å². The highest BCUT2D eigenvalue weighted by Gasteiger charge is 2.55. The number of hydrogen-bond acceptors (Lipinski definition) is 6. The normalized spacial score (nSPS) is 28.2. The number of rotatable bonds is 4. The number of hydrogen-bond donors (Lipinski definition) is 4. The number of amides is 2. The molecule has 0 bridgehead atoms. The molecule has 5 rings (SSSR count). The lowest BCUT2D eigenvalue weighted by Crippen LogP contribution is -2.44. The molecule has 0 saturated carbocycles. The van der Waals surface area contributed by atoms with Gasteiger partial charge < -0.3 is 34.9 Å². The molecule has 2 saturated heterocycles. The van der Waals surface area contributed by atoms with Gasteiger partial charge in [0.15, 0.2) is 12.0 Å². The van der Waals surface area contributed by atoms with E-state index < -0.39 is 42.1 Å². The topological polar surface area (TPSA) is 122 Å². The number of aliphatic hydroxyl groups excluding tert-OH is 1. The number of H-pyrrole nitrogens is 1. The monoisotopic (exact) mass is 471 g/mol. The summed E-state index contributed by atoms with van der Waals surface area (Å²) in [6.07, 6.45) is -0.874. The quantitative estimate of drug-likeness (QED) is 0.508. The smallest absolute Gasteiger partial charge is 0.256 e. The van der Waals surface area contributed by atoms with Crippen molar-refractivity contribution < 1.29 is 33.3 Å². The molecule has 3 aliphatic heterocycles. The van der Waals surface area contributed by atoms with Crippen molar-refractivity contribution in [1.29, 1.82) is 0 Å². The first-order valence-electron chi connectivity index (χ1n) is 11.0. The molecule has 0 radical (unpaired) electrons. The Hall–Kier alpha value is -3.05. The Labute approximate surface area is 195 Å². The van der Waals surface area contributed by atoms with Crippen molar-refractivity contribution in [2.45, 2.75) is 58.0 Å². The number of carbonyl (C=O) groups excluding carboxylic acids is 2. The lowest BCUT2D eigenvalue weighted by Gasteiger charge is -2.24. The molecule has 9 nitrogen and oxygen atoms in total. The van der Waals surface area contributed by atoms with Gasteiger partial charge in [-0.15, -0.1) is 0 Å². The Morgan fingerprint density at radius 2 is 2.00 bits per heavy atom. The second kappa shape index (κ2) is 8.02. The van der Waals surface area contributed by atoms with E-state index in [4.69, 9.17) is 14.2 Å². The molecule has 2 aromatic rings. The second-order valence-corrected chi connectivity index (χ2v) is 9.18. The molecule has 4 N–H and O–H groups in total. The van der Waals surface area contributed by atoms with Crippen LogP contribution in [0.4, 0.5) is 10.1 Å². The van der Waals surface area contributed by atoms with Gasteiger partial charge in [-0.1, -0.05) is 0 Å². The summed E-state index contributed by atoms with van der Waals surface area (Å²) in [5, 5.41) is 15.2. The summed E-state index contributed by atoms with van der Waals surface area (Å²) in [7, 11) is 0. The molecular formula is C24H26FN3O6. The van der Waals surface area contributed by atoms with Gasteiger partial charge in [-0.25, -0.2) is 4.39 Å². The van der Waals surface area contributed by atoms with Gasteiger partial charge in [0.1, 0.15) is 24.1 Å². The summed E-state index contributed by atoms with van der Waals surface area (Å²) >= 11 is 0. The average Bonchev–Trinajstić information content (AvgIpc) is 3.43.